The lowest BCUT2D eigenvalue weighted by molar-refractivity contribution is 0.422. The predicted molar refractivity (Wildman–Crippen MR) is 105 cm³/mol. The Labute approximate surface area is 158 Å². The number of nitrogens with zero attached hydrogens (tertiary/aromatic N) is 2. The topological polar surface area (TPSA) is 62.5 Å². The van der Waals surface area contributed by atoms with Gasteiger partial charge in [0.25, 0.3) is 0 Å². The van der Waals surface area contributed by atoms with Crippen molar-refractivity contribution in [3.63, 3.8) is 0 Å². The first-order valence-electron chi connectivity index (χ1n) is 8.44. The van der Waals surface area contributed by atoms with Gasteiger partial charge in [0.2, 0.25) is 0 Å². The van der Waals surface area contributed by atoms with Crippen molar-refractivity contribution in [1.29, 1.82) is 0 Å². The van der Waals surface area contributed by atoms with Crippen LogP contribution in [-0.4, -0.2) is 24.7 Å². The van der Waals surface area contributed by atoms with E-state index in [1.807, 2.05) is 54.6 Å². The minimum Gasteiger partial charge on any atom is -0.356 e. The van der Waals surface area contributed by atoms with Crippen LogP contribution in [0.15, 0.2) is 70.2 Å². The lowest BCUT2D eigenvalue weighted by atomic mass is 10.1. The highest BCUT2D eigenvalue weighted by Crippen LogP contribution is 2.19. The number of benzene rings is 2. The monoisotopic (exact) mass is 368 g/mol. The van der Waals surface area contributed by atoms with Crippen molar-refractivity contribution in [2.45, 2.75) is 13.0 Å². The van der Waals surface area contributed by atoms with Crippen molar-refractivity contribution in [3.05, 3.63) is 76.9 Å². The maximum absolute atomic E-state index is 6.01. The molecular weight excluding hydrogens is 348 g/mol. The van der Waals surface area contributed by atoms with Gasteiger partial charge in [-0.25, -0.2) is 0 Å². The van der Waals surface area contributed by atoms with Crippen molar-refractivity contribution in [1.82, 2.24) is 15.8 Å². The van der Waals surface area contributed by atoms with Gasteiger partial charge in [-0.3, -0.25) is 4.99 Å². The molecule has 0 aliphatic rings. The zero-order chi connectivity index (χ0) is 18.2. The van der Waals surface area contributed by atoms with Gasteiger partial charge in [0, 0.05) is 30.2 Å². The second-order valence-electron chi connectivity index (χ2n) is 5.78. The van der Waals surface area contributed by atoms with E-state index < -0.39 is 0 Å². The van der Waals surface area contributed by atoms with E-state index in [1.54, 1.807) is 7.05 Å². The Bertz CT molecular complexity index is 861. The molecule has 0 aliphatic heterocycles. The van der Waals surface area contributed by atoms with E-state index in [9.17, 15) is 0 Å². The summed E-state index contributed by atoms with van der Waals surface area (Å²) < 4.78 is 5.40. The lowest BCUT2D eigenvalue weighted by Crippen LogP contribution is -2.37. The number of hydrogen-bond donors (Lipinski definition) is 2. The number of guanidine groups is 1. The summed E-state index contributed by atoms with van der Waals surface area (Å²) in [5, 5.41) is 11.4. The normalized spacial score (nSPS) is 11.4. The van der Waals surface area contributed by atoms with Crippen LogP contribution in [0.3, 0.4) is 0 Å². The first-order valence-corrected chi connectivity index (χ1v) is 8.82. The molecule has 0 unspecified atom stereocenters. The molecule has 2 N–H and O–H groups in total. The van der Waals surface area contributed by atoms with Crippen LogP contribution in [0.4, 0.5) is 0 Å². The van der Waals surface area contributed by atoms with E-state index in [1.165, 1.54) is 5.56 Å². The molecule has 0 saturated heterocycles. The third kappa shape index (κ3) is 5.10. The average molecular weight is 369 g/mol. The average Bonchev–Trinajstić information content (AvgIpc) is 3.14. The van der Waals surface area contributed by atoms with Gasteiger partial charge in [-0.05, 0) is 24.1 Å². The van der Waals surface area contributed by atoms with Gasteiger partial charge < -0.3 is 15.2 Å². The van der Waals surface area contributed by atoms with Crippen molar-refractivity contribution >= 4 is 17.6 Å². The summed E-state index contributed by atoms with van der Waals surface area (Å²) in [6.45, 7) is 1.29. The van der Waals surface area contributed by atoms with E-state index in [-0.39, 0.29) is 0 Å². The predicted octanol–water partition coefficient (Wildman–Crippen LogP) is 3.90. The molecule has 0 bridgehead atoms. The molecule has 3 aromatic rings. The molecular formula is C20H21ClN4O. The molecule has 0 aliphatic carbocycles. The highest BCUT2D eigenvalue weighted by Gasteiger charge is 2.07. The zero-order valence-corrected chi connectivity index (χ0v) is 15.3. The summed E-state index contributed by atoms with van der Waals surface area (Å²) in [6, 6.07) is 19.7. The van der Waals surface area contributed by atoms with Gasteiger partial charge in [-0.1, -0.05) is 59.2 Å². The van der Waals surface area contributed by atoms with Crippen LogP contribution < -0.4 is 10.6 Å². The minimum atomic E-state index is 0.535. The molecule has 0 atom stereocenters. The van der Waals surface area contributed by atoms with Gasteiger partial charge in [-0.15, -0.1) is 0 Å². The maximum atomic E-state index is 6.01. The fourth-order valence-electron chi connectivity index (χ4n) is 2.55. The van der Waals surface area contributed by atoms with Crippen LogP contribution in [0.25, 0.3) is 11.3 Å². The summed E-state index contributed by atoms with van der Waals surface area (Å²) >= 11 is 6.01. The number of aliphatic imine (C=N–C) groups is 1. The number of hydrogen-bond acceptors (Lipinski definition) is 3. The number of nitrogens with one attached hydrogen (secondary N) is 2. The molecule has 1 aromatic heterocycles. The number of aromatic nitrogens is 1. The van der Waals surface area contributed by atoms with E-state index in [0.717, 1.165) is 41.0 Å². The third-order valence-electron chi connectivity index (χ3n) is 3.87. The van der Waals surface area contributed by atoms with Crippen molar-refractivity contribution < 1.29 is 4.52 Å². The molecule has 0 radical (unpaired) electrons. The Morgan fingerprint density at radius 3 is 2.69 bits per heavy atom. The number of halogens is 1. The van der Waals surface area contributed by atoms with E-state index in [0.29, 0.717) is 6.54 Å². The van der Waals surface area contributed by atoms with E-state index in [2.05, 4.69) is 26.8 Å². The molecule has 134 valence electrons. The third-order valence-corrected chi connectivity index (χ3v) is 4.11. The molecule has 0 spiro atoms. The fourth-order valence-corrected chi connectivity index (χ4v) is 2.76. The van der Waals surface area contributed by atoms with Crippen molar-refractivity contribution in [2.75, 3.05) is 13.6 Å². The second-order valence-corrected chi connectivity index (χ2v) is 6.22. The van der Waals surface area contributed by atoms with Crippen molar-refractivity contribution in [3.8, 4) is 11.3 Å². The second kappa shape index (κ2) is 9.06. The summed E-state index contributed by atoms with van der Waals surface area (Å²) in [6.07, 6.45) is 0.864. The molecule has 0 amide bonds. The van der Waals surface area contributed by atoms with Gasteiger partial charge >= 0.3 is 0 Å². The summed E-state index contributed by atoms with van der Waals surface area (Å²) in [7, 11) is 1.74. The lowest BCUT2D eigenvalue weighted by Gasteiger charge is -2.10. The van der Waals surface area contributed by atoms with Gasteiger partial charge in [0.15, 0.2) is 11.7 Å². The Morgan fingerprint density at radius 2 is 1.92 bits per heavy atom. The van der Waals surface area contributed by atoms with Crippen LogP contribution in [0, 0.1) is 0 Å². The molecule has 0 saturated carbocycles. The number of rotatable bonds is 6. The standard InChI is InChI=1S/C20H21ClN4O/c1-22-20(23-11-10-15-6-5-9-17(21)12-15)24-14-18-13-19(26-25-18)16-7-3-2-4-8-16/h2-9,12-13H,10-11,14H2,1H3,(H2,22,23,24). The smallest absolute Gasteiger partial charge is 0.191 e. The van der Waals surface area contributed by atoms with Crippen LogP contribution in [-0.2, 0) is 13.0 Å². The van der Waals surface area contributed by atoms with Gasteiger partial charge in [0.1, 0.15) is 5.69 Å². The maximum Gasteiger partial charge on any atom is 0.191 e. The largest absolute Gasteiger partial charge is 0.356 e. The fraction of sp³-hybridized carbons (Fsp3) is 0.200. The van der Waals surface area contributed by atoms with Crippen LogP contribution in [0.2, 0.25) is 5.02 Å². The Kier molecular flexibility index (Phi) is 6.28. The molecule has 3 rings (SSSR count). The molecule has 2 aromatic carbocycles. The summed E-state index contributed by atoms with van der Waals surface area (Å²) in [5.74, 6) is 1.47. The SMILES string of the molecule is CN=C(NCCc1cccc(Cl)c1)NCc1cc(-c2ccccc2)on1. The van der Waals surface area contributed by atoms with Crippen molar-refractivity contribution in [2.24, 2.45) is 4.99 Å². The molecule has 5 nitrogen and oxygen atoms in total. The van der Waals surface area contributed by atoms with Crippen LogP contribution in [0.1, 0.15) is 11.3 Å². The summed E-state index contributed by atoms with van der Waals surface area (Å²) in [4.78, 5) is 4.23. The Balaban J connectivity index is 1.48. The summed E-state index contributed by atoms with van der Waals surface area (Å²) in [5.41, 5.74) is 3.02. The van der Waals surface area contributed by atoms with Crippen LogP contribution >= 0.6 is 11.6 Å². The quantitative estimate of drug-likeness (QED) is 0.511. The highest BCUT2D eigenvalue weighted by molar-refractivity contribution is 6.30. The Morgan fingerprint density at radius 1 is 1.08 bits per heavy atom. The van der Waals surface area contributed by atoms with Crippen LogP contribution in [0.5, 0.6) is 0 Å². The molecule has 26 heavy (non-hydrogen) atoms. The first-order chi connectivity index (χ1) is 12.7. The highest BCUT2D eigenvalue weighted by atomic mass is 35.5. The minimum absolute atomic E-state index is 0.535. The van der Waals surface area contributed by atoms with E-state index >= 15 is 0 Å². The van der Waals surface area contributed by atoms with Gasteiger partial charge in [0.05, 0.1) is 6.54 Å². The zero-order valence-electron chi connectivity index (χ0n) is 14.6. The Hall–Kier alpha value is -2.79. The first kappa shape index (κ1) is 18.0. The van der Waals surface area contributed by atoms with E-state index in [4.69, 9.17) is 16.1 Å². The van der Waals surface area contributed by atoms with Gasteiger partial charge in [-0.2, -0.15) is 0 Å². The molecule has 1 heterocycles. The molecule has 6 heteroatoms. The molecule has 0 fully saturated rings.